The molecular formula is C78H71BO2S2. The Labute approximate surface area is 496 Å². The summed E-state index contributed by atoms with van der Waals surface area (Å²) in [5, 5.41) is 0. The molecule has 0 unspecified atom stereocenters. The van der Waals surface area contributed by atoms with Crippen molar-refractivity contribution in [2.24, 2.45) is 0 Å². The maximum atomic E-state index is 7.60. The molecule has 0 saturated carbocycles. The Hall–Kier alpha value is -8.22. The van der Waals surface area contributed by atoms with Gasteiger partial charge >= 0.3 is 0 Å². The summed E-state index contributed by atoms with van der Waals surface area (Å²) in [6, 6.07) is 93.3. The van der Waals surface area contributed by atoms with E-state index in [1.807, 2.05) is 0 Å². The summed E-state index contributed by atoms with van der Waals surface area (Å²) in [4.78, 5) is 10.4. The maximum absolute atomic E-state index is 7.60. The van der Waals surface area contributed by atoms with Gasteiger partial charge in [0, 0.05) is 55.8 Å². The number of ether oxygens (including phenoxy) is 2. The summed E-state index contributed by atoms with van der Waals surface area (Å²) in [6.07, 6.45) is 0. The maximum Gasteiger partial charge on any atom is 0.260 e. The molecule has 0 aliphatic carbocycles. The Morgan fingerprint density at radius 1 is 0.301 bits per heavy atom. The minimum absolute atomic E-state index is 0.0920. The van der Waals surface area contributed by atoms with E-state index in [0.29, 0.717) is 0 Å². The molecule has 0 amide bonds. The third-order valence-corrected chi connectivity index (χ3v) is 25.0. The van der Waals surface area contributed by atoms with Gasteiger partial charge in [0.05, 0.1) is 0 Å². The van der Waals surface area contributed by atoms with Crippen LogP contribution in [0.1, 0.15) is 74.9 Å². The van der Waals surface area contributed by atoms with Crippen LogP contribution in [-0.2, 0) is 10.8 Å². The molecule has 0 fully saturated rings. The van der Waals surface area contributed by atoms with Gasteiger partial charge in [-0.05, 0) is 209 Å². The molecule has 0 bridgehead atoms. The minimum Gasteiger partial charge on any atom is -0.458 e. The van der Waals surface area contributed by atoms with E-state index in [9.17, 15) is 0 Å². The van der Waals surface area contributed by atoms with Gasteiger partial charge in [-0.3, -0.25) is 0 Å². The number of hydrogen-bond acceptors (Lipinski definition) is 2. The summed E-state index contributed by atoms with van der Waals surface area (Å²) in [5.41, 5.74) is 15.0. The van der Waals surface area contributed by atoms with Crippen LogP contribution in [0.5, 0.6) is 23.0 Å². The van der Waals surface area contributed by atoms with Crippen LogP contribution in [0.25, 0.3) is 22.3 Å². The van der Waals surface area contributed by atoms with Gasteiger partial charge in [-0.2, -0.15) is 0 Å². The number of rotatable bonds is 10. The zero-order valence-electron chi connectivity index (χ0n) is 49.4. The molecule has 0 aromatic heterocycles. The molecule has 410 valence electrons. The van der Waals surface area contributed by atoms with E-state index in [0.717, 1.165) is 39.6 Å². The standard InChI is InChI=1S/C78H71BO2S2/c1-52-45-64(82(58-29-17-11-18-30-58,59-31-19-12-20-32-59)60-33-21-13-22-34-60)46-53(2)72(52)66-51-67(73-54(3)47-65(48-55(73)4)83(61-35-23-14-24-36-61,62-37-25-15-26-38-62)63-39-27-16-28-40-63)76-74-75(66)80-70-43-41-56(77(5,6)7)49-68(70)79(74)69-50-57(78(8,9)10)42-44-71(69)81-76/h11-51H,1-10H3. The van der Waals surface area contributed by atoms with Crippen molar-refractivity contribution in [1.82, 2.24) is 0 Å². The van der Waals surface area contributed by atoms with Crippen LogP contribution in [0, 0.1) is 27.7 Å². The Morgan fingerprint density at radius 2 is 0.566 bits per heavy atom. The molecule has 0 saturated heterocycles. The normalized spacial score (nSPS) is 13.3. The largest absolute Gasteiger partial charge is 0.458 e. The van der Waals surface area contributed by atoms with Gasteiger partial charge in [-0.1, -0.05) is 175 Å². The lowest BCUT2D eigenvalue weighted by molar-refractivity contribution is 0.465. The molecule has 11 aromatic carbocycles. The van der Waals surface area contributed by atoms with Crippen LogP contribution >= 0.6 is 20.1 Å². The van der Waals surface area contributed by atoms with Crippen molar-refractivity contribution in [3.8, 4) is 45.3 Å². The van der Waals surface area contributed by atoms with E-state index in [-0.39, 0.29) is 17.5 Å². The quantitative estimate of drug-likeness (QED) is 0.127. The highest BCUT2D eigenvalue weighted by Gasteiger charge is 2.45. The first-order valence-electron chi connectivity index (χ1n) is 29.1. The van der Waals surface area contributed by atoms with Crippen LogP contribution in [-0.4, -0.2) is 6.71 Å². The third-order valence-electron chi connectivity index (χ3n) is 17.2. The summed E-state index contributed by atoms with van der Waals surface area (Å²) in [7, 11) is -3.95. The summed E-state index contributed by atoms with van der Waals surface area (Å²) in [5.74, 6) is 3.48. The van der Waals surface area contributed by atoms with Crippen molar-refractivity contribution in [1.29, 1.82) is 0 Å². The smallest absolute Gasteiger partial charge is 0.260 e. The SMILES string of the molecule is Cc1cc(S(c2ccccc2)(c2ccccc2)c2ccccc2)cc(C)c1-c1cc(-c2c(C)cc(S(c3ccccc3)(c3ccccc3)c3ccccc3)cc2C)c2c3c1Oc1ccc(C(C)(C)C)cc1B3c1cc(C(C)(C)C)ccc1O2. The molecule has 0 radical (unpaired) electrons. The van der Waals surface area contributed by atoms with Crippen LogP contribution in [0.4, 0.5) is 0 Å². The van der Waals surface area contributed by atoms with E-state index in [1.165, 1.54) is 94.6 Å². The molecule has 2 aliphatic rings. The van der Waals surface area contributed by atoms with Gasteiger partial charge < -0.3 is 9.47 Å². The van der Waals surface area contributed by atoms with Crippen molar-refractivity contribution in [2.45, 2.75) is 119 Å². The van der Waals surface area contributed by atoms with Crippen molar-refractivity contribution in [3.63, 3.8) is 0 Å². The van der Waals surface area contributed by atoms with Crippen molar-refractivity contribution in [2.75, 3.05) is 0 Å². The van der Waals surface area contributed by atoms with Gasteiger partial charge in [-0.25, -0.2) is 0 Å². The number of benzene rings is 11. The van der Waals surface area contributed by atoms with Gasteiger partial charge in [-0.15, -0.1) is 20.1 Å². The Kier molecular flexibility index (Phi) is 13.6. The summed E-state index contributed by atoms with van der Waals surface area (Å²) < 4.78 is 15.2. The third kappa shape index (κ3) is 8.98. The van der Waals surface area contributed by atoms with E-state index >= 15 is 0 Å². The second-order valence-electron chi connectivity index (χ2n) is 24.7. The fourth-order valence-corrected chi connectivity index (χ4v) is 21.4. The van der Waals surface area contributed by atoms with E-state index in [2.05, 4.69) is 318 Å². The van der Waals surface area contributed by atoms with Crippen molar-refractivity contribution >= 4 is 43.2 Å². The van der Waals surface area contributed by atoms with E-state index in [1.54, 1.807) is 0 Å². The topological polar surface area (TPSA) is 18.5 Å². The lowest BCUT2D eigenvalue weighted by Gasteiger charge is -2.43. The monoisotopic (exact) mass is 1110 g/mol. The number of aryl methyl sites for hydroxylation is 4. The Balaban J connectivity index is 1.12. The van der Waals surface area contributed by atoms with Crippen LogP contribution in [0.2, 0.25) is 0 Å². The van der Waals surface area contributed by atoms with Crippen molar-refractivity contribution in [3.05, 3.63) is 282 Å². The fourth-order valence-electron chi connectivity index (χ4n) is 13.3. The highest BCUT2D eigenvalue weighted by molar-refractivity contribution is 8.34. The molecular weight excluding hydrogens is 1040 g/mol. The average Bonchev–Trinajstić information content (AvgIpc) is 3.51. The average molecular weight is 1120 g/mol. The van der Waals surface area contributed by atoms with Gasteiger partial charge in [0.25, 0.3) is 6.71 Å². The molecule has 83 heavy (non-hydrogen) atoms. The first-order valence-corrected chi connectivity index (χ1v) is 32.4. The zero-order valence-corrected chi connectivity index (χ0v) is 51.0. The van der Waals surface area contributed by atoms with E-state index in [4.69, 9.17) is 9.47 Å². The predicted octanol–water partition coefficient (Wildman–Crippen LogP) is 20.3. The van der Waals surface area contributed by atoms with Gasteiger partial charge in [0.2, 0.25) is 0 Å². The molecule has 0 atom stereocenters. The molecule has 2 heterocycles. The molecule has 0 N–H and O–H groups in total. The molecule has 2 nitrogen and oxygen atoms in total. The Morgan fingerprint density at radius 3 is 0.819 bits per heavy atom. The molecule has 0 spiro atoms. The summed E-state index contributed by atoms with van der Waals surface area (Å²) >= 11 is 0. The predicted molar refractivity (Wildman–Crippen MR) is 351 cm³/mol. The molecule has 11 aromatic rings. The van der Waals surface area contributed by atoms with Crippen molar-refractivity contribution < 1.29 is 9.47 Å². The minimum atomic E-state index is -1.98. The van der Waals surface area contributed by atoms with Crippen LogP contribution in [0.15, 0.2) is 288 Å². The number of fused-ring (bicyclic) bond motifs is 4. The fraction of sp³-hybridized carbons (Fsp3) is 0.154. The highest BCUT2D eigenvalue weighted by atomic mass is 32.3. The van der Waals surface area contributed by atoms with E-state index < -0.39 is 20.1 Å². The zero-order chi connectivity index (χ0) is 57.4. The first kappa shape index (κ1) is 54.1. The first-order chi connectivity index (χ1) is 40.1. The van der Waals surface area contributed by atoms with Crippen LogP contribution < -0.4 is 25.9 Å². The molecule has 5 heteroatoms. The molecule has 2 aliphatic heterocycles. The van der Waals surface area contributed by atoms with Crippen LogP contribution in [0.3, 0.4) is 0 Å². The van der Waals surface area contributed by atoms with Gasteiger partial charge in [0.1, 0.15) is 23.0 Å². The van der Waals surface area contributed by atoms with Gasteiger partial charge in [0.15, 0.2) is 0 Å². The number of hydrogen-bond donors (Lipinski definition) is 0. The second kappa shape index (κ2) is 20.9. The second-order valence-corrected chi connectivity index (χ2v) is 30.9. The summed E-state index contributed by atoms with van der Waals surface area (Å²) in [6.45, 7) is 22.9. The lowest BCUT2D eigenvalue weighted by Crippen LogP contribution is -2.58. The lowest BCUT2D eigenvalue weighted by atomic mass is 9.34. The Bertz CT molecular complexity index is 3730. The molecule has 13 rings (SSSR count). The highest BCUT2D eigenvalue weighted by Crippen LogP contribution is 2.75.